The van der Waals surface area contributed by atoms with Gasteiger partial charge in [0.15, 0.2) is 23.0 Å². The number of methoxy groups -OCH3 is 3. The molecule has 0 unspecified atom stereocenters. The Labute approximate surface area is 134 Å². The lowest BCUT2D eigenvalue weighted by Gasteiger charge is -2.14. The third-order valence-corrected chi connectivity index (χ3v) is 3.22. The van der Waals surface area contributed by atoms with Gasteiger partial charge in [-0.25, -0.2) is 4.79 Å². The molecule has 0 aliphatic rings. The number of phenols is 1. The number of hydrogen-bond acceptors (Lipinski definition) is 6. The molecule has 2 aromatic rings. The van der Waals surface area contributed by atoms with E-state index in [0.717, 1.165) is 5.56 Å². The van der Waals surface area contributed by atoms with Gasteiger partial charge in [0.25, 0.3) is 0 Å². The van der Waals surface area contributed by atoms with Crippen molar-refractivity contribution in [2.75, 3.05) is 21.3 Å². The zero-order valence-electron chi connectivity index (χ0n) is 13.4. The van der Waals surface area contributed by atoms with Gasteiger partial charge < -0.3 is 24.1 Å². The van der Waals surface area contributed by atoms with E-state index in [1.165, 1.54) is 45.6 Å². The molecular formula is C17H18O6. The summed E-state index contributed by atoms with van der Waals surface area (Å²) in [7, 11) is 4.39. The van der Waals surface area contributed by atoms with Gasteiger partial charge in [0.1, 0.15) is 0 Å². The fourth-order valence-corrected chi connectivity index (χ4v) is 2.07. The largest absolute Gasteiger partial charge is 0.504 e. The summed E-state index contributed by atoms with van der Waals surface area (Å²) in [6.45, 7) is 1.82. The number of carbonyl (C=O) groups excluding carboxylic acids is 1. The van der Waals surface area contributed by atoms with E-state index in [1.54, 1.807) is 6.07 Å². The van der Waals surface area contributed by atoms with Crippen LogP contribution in [0.25, 0.3) is 0 Å². The Bertz CT molecular complexity index is 698. The molecule has 6 nitrogen and oxygen atoms in total. The maximum Gasteiger partial charge on any atom is 0.343 e. The van der Waals surface area contributed by atoms with Crippen molar-refractivity contribution in [3.8, 4) is 28.7 Å². The molecule has 0 bridgehead atoms. The van der Waals surface area contributed by atoms with E-state index < -0.39 is 5.97 Å². The summed E-state index contributed by atoms with van der Waals surface area (Å²) >= 11 is 0. The molecule has 2 aromatic carbocycles. The highest BCUT2D eigenvalue weighted by Gasteiger charge is 2.19. The summed E-state index contributed by atoms with van der Waals surface area (Å²) in [5.74, 6) is 0.382. The molecule has 23 heavy (non-hydrogen) atoms. The summed E-state index contributed by atoms with van der Waals surface area (Å²) in [6.07, 6.45) is 0. The summed E-state index contributed by atoms with van der Waals surface area (Å²) in [5.41, 5.74) is 1.06. The number of aromatic hydroxyl groups is 1. The number of ether oxygens (including phenoxy) is 4. The quantitative estimate of drug-likeness (QED) is 0.675. The number of phenolic OH excluding ortho intramolecular Hbond substituents is 1. The van der Waals surface area contributed by atoms with Gasteiger partial charge in [-0.3, -0.25) is 0 Å². The number of carbonyl (C=O) groups is 1. The van der Waals surface area contributed by atoms with E-state index in [1.807, 2.05) is 6.92 Å². The average molecular weight is 318 g/mol. The van der Waals surface area contributed by atoms with E-state index in [4.69, 9.17) is 18.9 Å². The van der Waals surface area contributed by atoms with Crippen molar-refractivity contribution >= 4 is 5.97 Å². The second-order valence-electron chi connectivity index (χ2n) is 4.77. The summed E-state index contributed by atoms with van der Waals surface area (Å²) in [6, 6.07) is 7.74. The number of hydrogen-bond donors (Lipinski definition) is 1. The maximum atomic E-state index is 12.3. The Morgan fingerprint density at radius 1 is 0.913 bits per heavy atom. The highest BCUT2D eigenvalue weighted by molar-refractivity contribution is 5.93. The van der Waals surface area contributed by atoms with E-state index >= 15 is 0 Å². The van der Waals surface area contributed by atoms with Crippen LogP contribution in [0.4, 0.5) is 0 Å². The minimum absolute atomic E-state index is 0.0781. The van der Waals surface area contributed by atoms with Gasteiger partial charge in [0, 0.05) is 0 Å². The number of aryl methyl sites for hydroxylation is 1. The van der Waals surface area contributed by atoms with Crippen molar-refractivity contribution < 1.29 is 28.8 Å². The molecule has 0 radical (unpaired) electrons. The first-order chi connectivity index (χ1) is 11.0. The second kappa shape index (κ2) is 6.91. The predicted molar refractivity (Wildman–Crippen MR) is 83.9 cm³/mol. The van der Waals surface area contributed by atoms with E-state index in [0.29, 0.717) is 17.2 Å². The number of rotatable bonds is 5. The first-order valence-corrected chi connectivity index (χ1v) is 6.82. The van der Waals surface area contributed by atoms with Crippen molar-refractivity contribution in [3.63, 3.8) is 0 Å². The fourth-order valence-electron chi connectivity index (χ4n) is 2.07. The highest BCUT2D eigenvalue weighted by atomic mass is 16.5. The van der Waals surface area contributed by atoms with Crippen LogP contribution in [0.15, 0.2) is 30.3 Å². The molecule has 0 heterocycles. The van der Waals surface area contributed by atoms with Gasteiger partial charge in [-0.1, -0.05) is 6.07 Å². The van der Waals surface area contributed by atoms with Crippen molar-refractivity contribution in [1.29, 1.82) is 0 Å². The number of esters is 1. The lowest BCUT2D eigenvalue weighted by molar-refractivity contribution is 0.0728. The molecule has 0 aliphatic heterocycles. The van der Waals surface area contributed by atoms with E-state index in [9.17, 15) is 9.90 Å². The van der Waals surface area contributed by atoms with Gasteiger partial charge in [0.05, 0.1) is 26.9 Å². The van der Waals surface area contributed by atoms with Crippen molar-refractivity contribution in [1.82, 2.24) is 0 Å². The smallest absolute Gasteiger partial charge is 0.343 e. The third-order valence-electron chi connectivity index (χ3n) is 3.22. The zero-order valence-corrected chi connectivity index (χ0v) is 13.4. The zero-order chi connectivity index (χ0) is 17.0. The van der Waals surface area contributed by atoms with Gasteiger partial charge >= 0.3 is 5.97 Å². The predicted octanol–water partition coefficient (Wildman–Crippen LogP) is 2.95. The van der Waals surface area contributed by atoms with E-state index in [-0.39, 0.29) is 17.1 Å². The molecular weight excluding hydrogens is 300 g/mol. The molecule has 0 fully saturated rings. The van der Waals surface area contributed by atoms with E-state index in [2.05, 4.69) is 0 Å². The molecule has 0 amide bonds. The standard InChI is InChI=1S/C17H18O6/c1-10-5-6-13(12(18)7-10)23-17(19)11-8-14(20-2)16(22-4)15(9-11)21-3/h5-9,18H,1-4H3. The van der Waals surface area contributed by atoms with Crippen LogP contribution in [0, 0.1) is 6.92 Å². The molecule has 2 rings (SSSR count). The Morgan fingerprint density at radius 2 is 1.52 bits per heavy atom. The first kappa shape index (κ1) is 16.5. The molecule has 0 saturated heterocycles. The first-order valence-electron chi connectivity index (χ1n) is 6.82. The summed E-state index contributed by atoms with van der Waals surface area (Å²) in [4.78, 5) is 12.3. The van der Waals surface area contributed by atoms with Crippen LogP contribution in [-0.2, 0) is 0 Å². The Balaban J connectivity index is 2.35. The van der Waals surface area contributed by atoms with Crippen LogP contribution in [0.5, 0.6) is 28.7 Å². The Hall–Kier alpha value is -2.89. The van der Waals surface area contributed by atoms with Crippen LogP contribution in [0.2, 0.25) is 0 Å². The molecule has 0 aliphatic carbocycles. The summed E-state index contributed by atoms with van der Waals surface area (Å²) in [5, 5.41) is 9.82. The Kier molecular flexibility index (Phi) is 4.95. The van der Waals surface area contributed by atoms with Crippen LogP contribution in [0.3, 0.4) is 0 Å². The van der Waals surface area contributed by atoms with Crippen LogP contribution >= 0.6 is 0 Å². The van der Waals surface area contributed by atoms with Gasteiger partial charge in [0.2, 0.25) is 5.75 Å². The SMILES string of the molecule is COc1cc(C(=O)Oc2ccc(C)cc2O)cc(OC)c1OC. The number of benzene rings is 2. The normalized spacial score (nSPS) is 10.1. The monoisotopic (exact) mass is 318 g/mol. The molecule has 1 N–H and O–H groups in total. The van der Waals surface area contributed by atoms with Crippen LogP contribution < -0.4 is 18.9 Å². The molecule has 0 spiro atoms. The fraction of sp³-hybridized carbons (Fsp3) is 0.235. The molecule has 122 valence electrons. The summed E-state index contributed by atoms with van der Waals surface area (Å²) < 4.78 is 20.8. The minimum Gasteiger partial charge on any atom is -0.504 e. The van der Waals surface area contributed by atoms with Crippen molar-refractivity contribution in [3.05, 3.63) is 41.5 Å². The van der Waals surface area contributed by atoms with Crippen molar-refractivity contribution in [2.24, 2.45) is 0 Å². The van der Waals surface area contributed by atoms with Gasteiger partial charge in [-0.05, 0) is 36.8 Å². The van der Waals surface area contributed by atoms with Gasteiger partial charge in [-0.15, -0.1) is 0 Å². The Morgan fingerprint density at radius 3 is 2.00 bits per heavy atom. The minimum atomic E-state index is -0.650. The van der Waals surface area contributed by atoms with Gasteiger partial charge in [-0.2, -0.15) is 0 Å². The van der Waals surface area contributed by atoms with Crippen LogP contribution in [0.1, 0.15) is 15.9 Å². The van der Waals surface area contributed by atoms with Crippen molar-refractivity contribution in [2.45, 2.75) is 6.92 Å². The molecule has 0 atom stereocenters. The highest BCUT2D eigenvalue weighted by Crippen LogP contribution is 2.38. The average Bonchev–Trinajstić information content (AvgIpc) is 2.55. The molecule has 6 heteroatoms. The molecule has 0 aromatic heterocycles. The third kappa shape index (κ3) is 3.48. The molecule has 0 saturated carbocycles. The van der Waals surface area contributed by atoms with Crippen LogP contribution in [-0.4, -0.2) is 32.4 Å². The maximum absolute atomic E-state index is 12.3. The lowest BCUT2D eigenvalue weighted by Crippen LogP contribution is -2.10. The lowest BCUT2D eigenvalue weighted by atomic mass is 10.1. The topological polar surface area (TPSA) is 74.2 Å². The second-order valence-corrected chi connectivity index (χ2v) is 4.77.